The van der Waals surface area contributed by atoms with Gasteiger partial charge in [0.1, 0.15) is 0 Å². The molecule has 21 heavy (non-hydrogen) atoms. The smallest absolute Gasteiger partial charge is 0.305 e. The summed E-state index contributed by atoms with van der Waals surface area (Å²) in [6, 6.07) is 4.39. The first-order valence-corrected chi connectivity index (χ1v) is 7.46. The van der Waals surface area contributed by atoms with E-state index in [9.17, 15) is 14.5 Å². The molecule has 0 spiro atoms. The number of halogens is 1. The molecule has 0 amide bonds. The van der Waals surface area contributed by atoms with Crippen molar-refractivity contribution in [3.8, 4) is 0 Å². The lowest BCUT2D eigenvalue weighted by Gasteiger charge is -2.29. The van der Waals surface area contributed by atoms with E-state index >= 15 is 0 Å². The first-order valence-electron chi connectivity index (χ1n) is 7.46. The van der Waals surface area contributed by atoms with Crippen molar-refractivity contribution in [1.29, 1.82) is 0 Å². The lowest BCUT2D eigenvalue weighted by molar-refractivity contribution is -0.387. The van der Waals surface area contributed by atoms with E-state index in [1.165, 1.54) is 6.07 Å². The summed E-state index contributed by atoms with van der Waals surface area (Å²) in [4.78, 5) is 12.3. The van der Waals surface area contributed by atoms with E-state index in [0.29, 0.717) is 18.0 Å². The molecule has 1 saturated heterocycles. The maximum atomic E-state index is 14.1. The molecule has 1 N–H and O–H groups in total. The van der Waals surface area contributed by atoms with Gasteiger partial charge >= 0.3 is 5.69 Å². The predicted molar refractivity (Wildman–Crippen MR) is 79.6 cm³/mol. The number of nitrogens with zero attached hydrogens (tertiary/aromatic N) is 2. The standard InChI is InChI=1S/C15H22FN3O2/c1-2-18(10-12-6-8-17-9-7-12)11-13-4-3-5-14(15(13)16)19(20)21/h3-5,12,17H,2,6-11H2,1H3. The maximum absolute atomic E-state index is 14.1. The molecule has 0 radical (unpaired) electrons. The Morgan fingerprint density at radius 2 is 2.14 bits per heavy atom. The van der Waals surface area contributed by atoms with Gasteiger partial charge in [-0.1, -0.05) is 19.1 Å². The van der Waals surface area contributed by atoms with E-state index in [1.807, 2.05) is 6.92 Å². The SMILES string of the molecule is CCN(Cc1cccc([N+](=O)[O-])c1F)CC1CCNCC1. The van der Waals surface area contributed by atoms with Crippen LogP contribution in [0.15, 0.2) is 18.2 Å². The highest BCUT2D eigenvalue weighted by Gasteiger charge is 2.20. The summed E-state index contributed by atoms with van der Waals surface area (Å²) in [5.74, 6) is -0.0841. The highest BCUT2D eigenvalue weighted by molar-refractivity contribution is 5.36. The van der Waals surface area contributed by atoms with E-state index in [2.05, 4.69) is 10.2 Å². The molecular weight excluding hydrogens is 273 g/mol. The van der Waals surface area contributed by atoms with Gasteiger partial charge < -0.3 is 5.32 Å². The molecule has 1 fully saturated rings. The minimum absolute atomic E-state index is 0.403. The van der Waals surface area contributed by atoms with Gasteiger partial charge in [0.15, 0.2) is 0 Å². The van der Waals surface area contributed by atoms with Crippen molar-refractivity contribution in [1.82, 2.24) is 10.2 Å². The zero-order valence-corrected chi connectivity index (χ0v) is 12.3. The number of nitrogens with one attached hydrogen (secondary N) is 1. The lowest BCUT2D eigenvalue weighted by Crippen LogP contribution is -2.36. The first kappa shape index (κ1) is 15.9. The van der Waals surface area contributed by atoms with Gasteiger partial charge in [0.25, 0.3) is 0 Å². The van der Waals surface area contributed by atoms with Crippen molar-refractivity contribution < 1.29 is 9.31 Å². The fourth-order valence-corrected chi connectivity index (χ4v) is 2.81. The van der Waals surface area contributed by atoms with Crippen LogP contribution in [-0.4, -0.2) is 36.0 Å². The Morgan fingerprint density at radius 3 is 2.76 bits per heavy atom. The highest BCUT2D eigenvalue weighted by Crippen LogP contribution is 2.22. The van der Waals surface area contributed by atoms with Gasteiger partial charge in [-0.15, -0.1) is 0 Å². The Balaban J connectivity index is 2.04. The summed E-state index contributed by atoms with van der Waals surface area (Å²) in [6.45, 7) is 6.26. The molecule has 0 unspecified atom stereocenters. The topological polar surface area (TPSA) is 58.4 Å². The minimum atomic E-state index is -0.703. The predicted octanol–water partition coefficient (Wildman–Crippen LogP) is 2.56. The number of nitro benzene ring substituents is 1. The largest absolute Gasteiger partial charge is 0.317 e. The van der Waals surface area contributed by atoms with E-state index < -0.39 is 16.4 Å². The number of hydrogen-bond donors (Lipinski definition) is 1. The molecule has 0 atom stereocenters. The molecule has 116 valence electrons. The molecular formula is C15H22FN3O2. The van der Waals surface area contributed by atoms with Crippen molar-refractivity contribution in [2.24, 2.45) is 5.92 Å². The average Bonchev–Trinajstić information content (AvgIpc) is 2.49. The van der Waals surface area contributed by atoms with Gasteiger partial charge in [-0.3, -0.25) is 15.0 Å². The van der Waals surface area contributed by atoms with Crippen LogP contribution in [0.1, 0.15) is 25.3 Å². The first-order chi connectivity index (χ1) is 10.1. The van der Waals surface area contributed by atoms with Crippen LogP contribution in [0, 0.1) is 21.8 Å². The van der Waals surface area contributed by atoms with Crippen molar-refractivity contribution in [3.63, 3.8) is 0 Å². The number of nitro groups is 1. The second-order valence-electron chi connectivity index (χ2n) is 5.53. The zero-order chi connectivity index (χ0) is 15.2. The van der Waals surface area contributed by atoms with Crippen molar-refractivity contribution in [3.05, 3.63) is 39.7 Å². The van der Waals surface area contributed by atoms with Crippen LogP contribution in [-0.2, 0) is 6.54 Å². The van der Waals surface area contributed by atoms with E-state index in [4.69, 9.17) is 0 Å². The van der Waals surface area contributed by atoms with Gasteiger partial charge in [-0.2, -0.15) is 4.39 Å². The second-order valence-corrected chi connectivity index (χ2v) is 5.53. The lowest BCUT2D eigenvalue weighted by atomic mass is 9.97. The zero-order valence-electron chi connectivity index (χ0n) is 12.3. The molecule has 1 aromatic rings. The molecule has 0 aromatic heterocycles. The third-order valence-electron chi connectivity index (χ3n) is 4.07. The Kier molecular flexibility index (Phi) is 5.64. The summed E-state index contributed by atoms with van der Waals surface area (Å²) in [5.41, 5.74) is -0.0367. The van der Waals surface area contributed by atoms with Crippen LogP contribution < -0.4 is 5.32 Å². The van der Waals surface area contributed by atoms with Crippen LogP contribution in [0.25, 0.3) is 0 Å². The molecule has 5 nitrogen and oxygen atoms in total. The molecule has 1 aromatic carbocycles. The summed E-state index contributed by atoms with van der Waals surface area (Å²) in [6.07, 6.45) is 2.27. The van der Waals surface area contributed by atoms with E-state index in [-0.39, 0.29) is 0 Å². The number of benzene rings is 1. The summed E-state index contributed by atoms with van der Waals surface area (Å²) >= 11 is 0. The fourth-order valence-electron chi connectivity index (χ4n) is 2.81. The monoisotopic (exact) mass is 295 g/mol. The van der Waals surface area contributed by atoms with Crippen LogP contribution in [0.5, 0.6) is 0 Å². The summed E-state index contributed by atoms with van der Waals surface area (Å²) in [5, 5.41) is 14.1. The molecule has 1 aliphatic heterocycles. The second kappa shape index (κ2) is 7.47. The molecule has 0 bridgehead atoms. The Bertz CT molecular complexity index is 490. The van der Waals surface area contributed by atoms with Crippen molar-refractivity contribution in [2.45, 2.75) is 26.3 Å². The summed E-state index contributed by atoms with van der Waals surface area (Å²) in [7, 11) is 0. The average molecular weight is 295 g/mol. The van der Waals surface area contributed by atoms with Gasteiger partial charge in [0.2, 0.25) is 5.82 Å². The number of hydrogen-bond acceptors (Lipinski definition) is 4. The Labute approximate surface area is 124 Å². The van der Waals surface area contributed by atoms with Crippen molar-refractivity contribution >= 4 is 5.69 Å². The van der Waals surface area contributed by atoms with Gasteiger partial charge in [-0.05, 0) is 38.4 Å². The highest BCUT2D eigenvalue weighted by atomic mass is 19.1. The molecule has 1 aliphatic rings. The Morgan fingerprint density at radius 1 is 1.43 bits per heavy atom. The molecule has 1 heterocycles. The van der Waals surface area contributed by atoms with Crippen LogP contribution in [0.2, 0.25) is 0 Å². The van der Waals surface area contributed by atoms with E-state index in [1.54, 1.807) is 12.1 Å². The number of piperidine rings is 1. The normalized spacial score (nSPS) is 16.3. The molecule has 2 rings (SSSR count). The molecule has 0 aliphatic carbocycles. The van der Waals surface area contributed by atoms with Crippen molar-refractivity contribution in [2.75, 3.05) is 26.2 Å². The van der Waals surface area contributed by atoms with Crippen LogP contribution in [0.3, 0.4) is 0 Å². The third kappa shape index (κ3) is 4.22. The van der Waals surface area contributed by atoms with Crippen LogP contribution in [0.4, 0.5) is 10.1 Å². The minimum Gasteiger partial charge on any atom is -0.317 e. The molecule has 6 heteroatoms. The van der Waals surface area contributed by atoms with Gasteiger partial charge in [0, 0.05) is 24.7 Å². The fraction of sp³-hybridized carbons (Fsp3) is 0.600. The Hall–Kier alpha value is -1.53. The maximum Gasteiger partial charge on any atom is 0.305 e. The molecule has 0 saturated carbocycles. The van der Waals surface area contributed by atoms with E-state index in [0.717, 1.165) is 39.0 Å². The number of rotatable bonds is 6. The third-order valence-corrected chi connectivity index (χ3v) is 4.07. The van der Waals surface area contributed by atoms with Gasteiger partial charge in [-0.25, -0.2) is 0 Å². The van der Waals surface area contributed by atoms with Crippen LogP contribution >= 0.6 is 0 Å². The quantitative estimate of drug-likeness (QED) is 0.647. The summed E-state index contributed by atoms with van der Waals surface area (Å²) < 4.78 is 14.1. The van der Waals surface area contributed by atoms with Gasteiger partial charge in [0.05, 0.1) is 4.92 Å².